The number of para-hydroxylation sites is 1. The highest BCUT2D eigenvalue weighted by Crippen LogP contribution is 2.32. The number of aromatic nitrogens is 3. The van der Waals surface area contributed by atoms with Crippen LogP contribution in [0.2, 0.25) is 0 Å². The number of hydrogen-bond acceptors (Lipinski definition) is 6. The van der Waals surface area contributed by atoms with E-state index in [-0.39, 0.29) is 5.91 Å². The lowest BCUT2D eigenvalue weighted by Crippen LogP contribution is -2.39. The van der Waals surface area contributed by atoms with Crippen molar-refractivity contribution in [2.75, 3.05) is 44.3 Å². The predicted octanol–water partition coefficient (Wildman–Crippen LogP) is 4.78. The minimum absolute atomic E-state index is 0.0563. The van der Waals surface area contributed by atoms with Crippen molar-refractivity contribution in [1.29, 1.82) is 0 Å². The molecule has 1 saturated heterocycles. The van der Waals surface area contributed by atoms with Crippen LogP contribution < -0.4 is 4.90 Å². The van der Waals surface area contributed by atoms with Crippen LogP contribution in [-0.2, 0) is 4.74 Å². The Morgan fingerprint density at radius 3 is 2.60 bits per heavy atom. The van der Waals surface area contributed by atoms with Gasteiger partial charge in [-0.3, -0.25) is 14.6 Å². The number of morpholine rings is 1. The first-order valence-electron chi connectivity index (χ1n) is 12.1. The van der Waals surface area contributed by atoms with E-state index in [4.69, 9.17) is 9.72 Å². The fraction of sp³-hybridized carbons (Fsp3) is 0.370. The van der Waals surface area contributed by atoms with Gasteiger partial charge in [0.25, 0.3) is 5.91 Å². The Labute approximate surface area is 209 Å². The van der Waals surface area contributed by atoms with Crippen LogP contribution in [0.4, 0.5) is 5.13 Å². The van der Waals surface area contributed by atoms with Crippen molar-refractivity contribution < 1.29 is 9.53 Å². The second kappa shape index (κ2) is 10.3. The average Bonchev–Trinajstić information content (AvgIpc) is 3.46. The van der Waals surface area contributed by atoms with E-state index < -0.39 is 0 Å². The SMILES string of the molecule is Cc1cc2nc(N(CCCN3CCOCC3)C(=O)c3cnn(-c4ccccc4)c3C)sc2cc1C. The summed E-state index contributed by atoms with van der Waals surface area (Å²) in [6.45, 7) is 11.1. The van der Waals surface area contributed by atoms with Crippen LogP contribution in [0.25, 0.3) is 15.9 Å². The van der Waals surface area contributed by atoms with Crippen LogP contribution in [0.1, 0.15) is 33.6 Å². The molecule has 35 heavy (non-hydrogen) atoms. The van der Waals surface area contributed by atoms with E-state index >= 15 is 0 Å². The molecule has 3 heterocycles. The quantitative estimate of drug-likeness (QED) is 0.374. The zero-order valence-corrected chi connectivity index (χ0v) is 21.3. The first-order chi connectivity index (χ1) is 17.0. The topological polar surface area (TPSA) is 63.5 Å². The molecule has 1 fully saturated rings. The van der Waals surface area contributed by atoms with Gasteiger partial charge in [0.05, 0.1) is 46.6 Å². The number of hydrogen-bond donors (Lipinski definition) is 0. The van der Waals surface area contributed by atoms with Crippen molar-refractivity contribution >= 4 is 32.6 Å². The van der Waals surface area contributed by atoms with Crippen LogP contribution in [0.3, 0.4) is 0 Å². The molecule has 8 heteroatoms. The van der Waals surface area contributed by atoms with Crippen LogP contribution in [0.5, 0.6) is 0 Å². The third-order valence-corrected chi connectivity index (χ3v) is 7.71. The zero-order chi connectivity index (χ0) is 24.4. The highest BCUT2D eigenvalue weighted by molar-refractivity contribution is 7.22. The fourth-order valence-corrected chi connectivity index (χ4v) is 5.51. The summed E-state index contributed by atoms with van der Waals surface area (Å²) in [5.74, 6) is -0.0563. The molecule has 0 aliphatic carbocycles. The maximum atomic E-state index is 13.9. The highest BCUT2D eigenvalue weighted by Gasteiger charge is 2.25. The molecule has 2 aromatic heterocycles. The molecule has 0 unspecified atom stereocenters. The summed E-state index contributed by atoms with van der Waals surface area (Å²) in [6, 6.07) is 14.2. The second-order valence-corrected chi connectivity index (χ2v) is 10.1. The lowest BCUT2D eigenvalue weighted by molar-refractivity contribution is 0.0376. The summed E-state index contributed by atoms with van der Waals surface area (Å²) in [6.07, 6.45) is 2.55. The Kier molecular flexibility index (Phi) is 6.95. The molecule has 1 aliphatic heterocycles. The van der Waals surface area contributed by atoms with E-state index in [1.165, 1.54) is 11.1 Å². The molecular formula is C27H31N5O2S. The van der Waals surface area contributed by atoms with Crippen molar-refractivity contribution in [2.24, 2.45) is 0 Å². The molecule has 0 atom stereocenters. The van der Waals surface area contributed by atoms with Crippen LogP contribution in [0.15, 0.2) is 48.7 Å². The molecule has 0 N–H and O–H groups in total. The Morgan fingerprint density at radius 2 is 1.83 bits per heavy atom. The van der Waals surface area contributed by atoms with E-state index in [0.29, 0.717) is 12.1 Å². The highest BCUT2D eigenvalue weighted by atomic mass is 32.1. The van der Waals surface area contributed by atoms with Gasteiger partial charge >= 0.3 is 0 Å². The maximum Gasteiger partial charge on any atom is 0.263 e. The maximum absolute atomic E-state index is 13.9. The van der Waals surface area contributed by atoms with Gasteiger partial charge in [-0.25, -0.2) is 9.67 Å². The van der Waals surface area contributed by atoms with Gasteiger partial charge in [0, 0.05) is 26.2 Å². The third kappa shape index (κ3) is 5.00. The summed E-state index contributed by atoms with van der Waals surface area (Å²) in [5, 5.41) is 5.27. The Hall–Kier alpha value is -3.07. The van der Waals surface area contributed by atoms with E-state index in [1.807, 2.05) is 46.8 Å². The molecule has 1 amide bonds. The number of carbonyl (C=O) groups is 1. The molecular weight excluding hydrogens is 458 g/mol. The average molecular weight is 490 g/mol. The molecule has 182 valence electrons. The molecule has 2 aromatic carbocycles. The van der Waals surface area contributed by atoms with Crippen LogP contribution >= 0.6 is 11.3 Å². The summed E-state index contributed by atoms with van der Waals surface area (Å²) in [5.41, 5.74) is 5.75. The van der Waals surface area contributed by atoms with Gasteiger partial charge in [-0.15, -0.1) is 0 Å². The molecule has 7 nitrogen and oxygen atoms in total. The number of aryl methyl sites for hydroxylation is 2. The number of carbonyl (C=O) groups excluding carboxylic acids is 1. The zero-order valence-electron chi connectivity index (χ0n) is 20.5. The van der Waals surface area contributed by atoms with E-state index in [1.54, 1.807) is 17.5 Å². The molecule has 0 spiro atoms. The standard InChI is InChI=1S/C27H31N5O2S/c1-19-16-24-25(17-20(19)2)35-27(29-24)31(11-7-10-30-12-14-34-15-13-30)26(33)23-18-28-32(21(23)3)22-8-5-4-6-9-22/h4-6,8-9,16-18H,7,10-15H2,1-3H3. The monoisotopic (exact) mass is 489 g/mol. The van der Waals surface area contributed by atoms with Gasteiger partial charge in [0.1, 0.15) is 0 Å². The van der Waals surface area contributed by atoms with Gasteiger partial charge in [0.2, 0.25) is 0 Å². The molecule has 5 rings (SSSR count). The van der Waals surface area contributed by atoms with Gasteiger partial charge in [0.15, 0.2) is 5.13 Å². The Bertz CT molecular complexity index is 1290. The van der Waals surface area contributed by atoms with Crippen molar-refractivity contribution in [3.05, 3.63) is 71.0 Å². The number of nitrogens with zero attached hydrogens (tertiary/aromatic N) is 5. The molecule has 0 radical (unpaired) electrons. The van der Waals surface area contributed by atoms with Crippen molar-refractivity contribution in [1.82, 2.24) is 19.7 Å². The third-order valence-electron chi connectivity index (χ3n) is 6.67. The number of thiazole rings is 1. The van der Waals surface area contributed by atoms with E-state index in [2.05, 4.69) is 36.0 Å². The van der Waals surface area contributed by atoms with Gasteiger partial charge < -0.3 is 4.74 Å². The number of rotatable bonds is 7. The minimum atomic E-state index is -0.0563. The van der Waals surface area contributed by atoms with Gasteiger partial charge in [-0.1, -0.05) is 29.5 Å². The second-order valence-electron chi connectivity index (χ2n) is 9.06. The number of amides is 1. The number of anilines is 1. The first kappa shape index (κ1) is 23.7. The van der Waals surface area contributed by atoms with E-state index in [0.717, 1.165) is 66.0 Å². The lowest BCUT2D eigenvalue weighted by Gasteiger charge is -2.27. The largest absolute Gasteiger partial charge is 0.379 e. The Morgan fingerprint density at radius 1 is 1.09 bits per heavy atom. The predicted molar refractivity (Wildman–Crippen MR) is 141 cm³/mol. The number of fused-ring (bicyclic) bond motifs is 1. The van der Waals surface area contributed by atoms with Crippen LogP contribution in [-0.4, -0.2) is 65.0 Å². The van der Waals surface area contributed by atoms with Gasteiger partial charge in [-0.05, 0) is 62.6 Å². The normalized spacial score (nSPS) is 14.5. The van der Waals surface area contributed by atoms with E-state index in [9.17, 15) is 4.79 Å². The van der Waals surface area contributed by atoms with Crippen molar-refractivity contribution in [3.8, 4) is 5.69 Å². The summed E-state index contributed by atoms with van der Waals surface area (Å²) in [7, 11) is 0. The van der Waals surface area contributed by atoms with Gasteiger partial charge in [-0.2, -0.15) is 5.10 Å². The number of benzene rings is 2. The Balaban J connectivity index is 1.45. The lowest BCUT2D eigenvalue weighted by atomic mass is 10.1. The van der Waals surface area contributed by atoms with Crippen molar-refractivity contribution in [2.45, 2.75) is 27.2 Å². The summed E-state index contributed by atoms with van der Waals surface area (Å²) < 4.78 is 8.40. The minimum Gasteiger partial charge on any atom is -0.379 e. The molecule has 1 aliphatic rings. The fourth-order valence-electron chi connectivity index (χ4n) is 4.44. The molecule has 0 bridgehead atoms. The summed E-state index contributed by atoms with van der Waals surface area (Å²) >= 11 is 1.58. The number of ether oxygens (including phenoxy) is 1. The smallest absolute Gasteiger partial charge is 0.263 e. The van der Waals surface area contributed by atoms with Crippen LogP contribution in [0, 0.1) is 20.8 Å². The molecule has 0 saturated carbocycles. The summed E-state index contributed by atoms with van der Waals surface area (Å²) in [4.78, 5) is 23.0. The van der Waals surface area contributed by atoms with Crippen molar-refractivity contribution in [3.63, 3.8) is 0 Å². The molecule has 4 aromatic rings. The first-order valence-corrected chi connectivity index (χ1v) is 12.9.